The minimum Gasteiger partial charge on any atom is -0.493 e. The Morgan fingerprint density at radius 2 is 1.43 bits per heavy atom. The van der Waals surface area contributed by atoms with Gasteiger partial charge in [0.05, 0.1) is 40.4 Å². The van der Waals surface area contributed by atoms with E-state index in [9.17, 15) is 9.59 Å². The van der Waals surface area contributed by atoms with Crippen LogP contribution in [0.3, 0.4) is 0 Å². The fraction of sp³-hybridized carbons (Fsp3) is 0.286. The molecule has 0 radical (unpaired) electrons. The average molecular weight is 523 g/mol. The van der Waals surface area contributed by atoms with Crippen LogP contribution < -0.4 is 24.3 Å². The number of benzene rings is 3. The van der Waals surface area contributed by atoms with E-state index in [-0.39, 0.29) is 11.8 Å². The molecule has 0 fully saturated rings. The van der Waals surface area contributed by atoms with Crippen molar-refractivity contribution in [1.29, 1.82) is 0 Å². The maximum absolute atomic E-state index is 14.0. The molecule has 0 aromatic heterocycles. The Hall–Kier alpha value is -3.85. The summed E-state index contributed by atoms with van der Waals surface area (Å²) in [4.78, 5) is 30.2. The number of likely N-dealkylation sites (N-methyl/N-ethyl adjacent to an activating group) is 1. The monoisotopic (exact) mass is 522 g/mol. The average Bonchev–Trinajstić information content (AvgIpc) is 2.93. The van der Waals surface area contributed by atoms with E-state index in [0.717, 1.165) is 10.5 Å². The Labute approximate surface area is 220 Å². The summed E-state index contributed by atoms with van der Waals surface area (Å²) in [5.41, 5.74) is 2.35. The Bertz CT molecular complexity index is 1310. The summed E-state index contributed by atoms with van der Waals surface area (Å²) in [5.74, 6) is 0.697. The summed E-state index contributed by atoms with van der Waals surface area (Å²) in [5, 5.41) is 3.01. The van der Waals surface area contributed by atoms with Gasteiger partial charge < -0.3 is 29.2 Å². The Kier molecular flexibility index (Phi) is 7.83. The number of anilines is 1. The SMILES string of the molecule is COc1ccc(NC(=O)[C@H]2c3cc(OC)c(OC)cc3C(=O)N(C)[C@H]2c2ccc(SC)cc2)cc1OC. The topological polar surface area (TPSA) is 86.3 Å². The molecule has 8 nitrogen and oxygen atoms in total. The molecule has 0 spiro atoms. The van der Waals surface area contributed by atoms with Crippen molar-refractivity contribution in [2.45, 2.75) is 16.9 Å². The number of rotatable bonds is 8. The predicted octanol–water partition coefficient (Wildman–Crippen LogP) is 4.99. The first-order valence-corrected chi connectivity index (χ1v) is 12.8. The van der Waals surface area contributed by atoms with Crippen LogP contribution in [0.2, 0.25) is 0 Å². The Morgan fingerprint density at radius 1 is 0.838 bits per heavy atom. The summed E-state index contributed by atoms with van der Waals surface area (Å²) in [7, 11) is 7.84. The van der Waals surface area contributed by atoms with E-state index in [1.807, 2.05) is 30.5 Å². The van der Waals surface area contributed by atoms with Crippen molar-refractivity contribution in [2.24, 2.45) is 0 Å². The molecule has 0 saturated heterocycles. The first-order chi connectivity index (χ1) is 17.9. The van der Waals surface area contributed by atoms with Gasteiger partial charge in [-0.1, -0.05) is 12.1 Å². The summed E-state index contributed by atoms with van der Waals surface area (Å²) >= 11 is 1.63. The molecule has 0 aliphatic carbocycles. The van der Waals surface area contributed by atoms with Crippen molar-refractivity contribution in [1.82, 2.24) is 4.90 Å². The Balaban J connectivity index is 1.85. The zero-order valence-electron chi connectivity index (χ0n) is 21.7. The van der Waals surface area contributed by atoms with E-state index in [1.165, 1.54) is 21.3 Å². The molecule has 2 amide bonds. The van der Waals surface area contributed by atoms with E-state index in [2.05, 4.69) is 5.32 Å². The van der Waals surface area contributed by atoms with Crippen LogP contribution in [0.4, 0.5) is 5.69 Å². The van der Waals surface area contributed by atoms with Gasteiger partial charge in [0.15, 0.2) is 23.0 Å². The minimum absolute atomic E-state index is 0.204. The van der Waals surface area contributed by atoms with Crippen LogP contribution in [-0.4, -0.2) is 58.5 Å². The van der Waals surface area contributed by atoms with Gasteiger partial charge in [-0.3, -0.25) is 9.59 Å². The lowest BCUT2D eigenvalue weighted by molar-refractivity contribution is -0.119. The van der Waals surface area contributed by atoms with Crippen molar-refractivity contribution in [3.8, 4) is 23.0 Å². The summed E-state index contributed by atoms with van der Waals surface area (Å²) in [6.45, 7) is 0. The second kappa shape index (κ2) is 11.0. The fourth-order valence-corrected chi connectivity index (χ4v) is 5.09. The molecule has 0 saturated carbocycles. The second-order valence-electron chi connectivity index (χ2n) is 8.47. The lowest BCUT2D eigenvalue weighted by Gasteiger charge is -2.40. The normalized spacial score (nSPS) is 16.6. The van der Waals surface area contributed by atoms with Gasteiger partial charge in [-0.25, -0.2) is 0 Å². The molecule has 3 aromatic rings. The van der Waals surface area contributed by atoms with E-state index >= 15 is 0 Å². The highest BCUT2D eigenvalue weighted by molar-refractivity contribution is 7.98. The van der Waals surface area contributed by atoms with E-state index in [0.29, 0.717) is 39.8 Å². The predicted molar refractivity (Wildman–Crippen MR) is 144 cm³/mol. The van der Waals surface area contributed by atoms with Gasteiger partial charge in [0.1, 0.15) is 0 Å². The van der Waals surface area contributed by atoms with Gasteiger partial charge in [0.25, 0.3) is 5.91 Å². The number of fused-ring (bicyclic) bond motifs is 1. The summed E-state index contributed by atoms with van der Waals surface area (Å²) < 4.78 is 21.7. The number of carbonyl (C=O) groups excluding carboxylic acids is 2. The molecule has 2 atom stereocenters. The summed E-state index contributed by atoms with van der Waals surface area (Å²) in [6.07, 6.45) is 2.00. The zero-order valence-corrected chi connectivity index (χ0v) is 22.5. The van der Waals surface area contributed by atoms with Crippen LogP contribution in [0.5, 0.6) is 23.0 Å². The van der Waals surface area contributed by atoms with Gasteiger partial charge in [-0.05, 0) is 53.8 Å². The highest BCUT2D eigenvalue weighted by atomic mass is 32.2. The fourth-order valence-electron chi connectivity index (χ4n) is 4.68. The Morgan fingerprint density at radius 3 is 2.03 bits per heavy atom. The van der Waals surface area contributed by atoms with Crippen LogP contribution >= 0.6 is 11.8 Å². The number of nitrogens with zero attached hydrogens (tertiary/aromatic N) is 1. The van der Waals surface area contributed by atoms with E-state index < -0.39 is 12.0 Å². The standard InChI is InChI=1S/C28H30N2O6S/c1-30-26(16-7-10-18(37-6)11-8-16)25(19-14-23(35-4)24(36-5)15-20(19)28(30)32)27(31)29-17-9-12-21(33-2)22(13-17)34-3/h7-15,25-26H,1-6H3,(H,29,31)/t25-,26-/m0/s1. The van der Waals surface area contributed by atoms with Crippen molar-refractivity contribution in [3.63, 3.8) is 0 Å². The number of ether oxygens (including phenoxy) is 4. The first kappa shape index (κ1) is 26.2. The van der Waals surface area contributed by atoms with Crippen LogP contribution in [0.15, 0.2) is 59.5 Å². The van der Waals surface area contributed by atoms with Crippen molar-refractivity contribution in [3.05, 3.63) is 71.3 Å². The maximum Gasteiger partial charge on any atom is 0.254 e. The third kappa shape index (κ3) is 4.91. The van der Waals surface area contributed by atoms with Gasteiger partial charge in [0.2, 0.25) is 5.91 Å². The third-order valence-corrected chi connectivity index (χ3v) is 7.31. The largest absolute Gasteiger partial charge is 0.493 e. The molecule has 0 unspecified atom stereocenters. The molecule has 1 N–H and O–H groups in total. The highest BCUT2D eigenvalue weighted by Gasteiger charge is 2.43. The molecular weight excluding hydrogens is 492 g/mol. The van der Waals surface area contributed by atoms with Crippen molar-refractivity contribution in [2.75, 3.05) is 47.1 Å². The molecule has 0 bridgehead atoms. The van der Waals surface area contributed by atoms with Crippen LogP contribution in [-0.2, 0) is 4.79 Å². The number of nitrogens with one attached hydrogen (secondary N) is 1. The second-order valence-corrected chi connectivity index (χ2v) is 9.34. The number of amides is 2. The van der Waals surface area contributed by atoms with E-state index in [1.54, 1.807) is 61.2 Å². The quantitative estimate of drug-likeness (QED) is 0.417. The zero-order chi connectivity index (χ0) is 26.7. The summed E-state index contributed by atoms with van der Waals surface area (Å²) in [6, 6.07) is 15.9. The number of hydrogen-bond acceptors (Lipinski definition) is 7. The number of carbonyl (C=O) groups is 2. The van der Waals surface area contributed by atoms with Gasteiger partial charge in [-0.2, -0.15) is 0 Å². The van der Waals surface area contributed by atoms with Gasteiger partial charge >= 0.3 is 0 Å². The number of methoxy groups -OCH3 is 4. The molecule has 37 heavy (non-hydrogen) atoms. The molecular formula is C28H30N2O6S. The smallest absolute Gasteiger partial charge is 0.254 e. The van der Waals surface area contributed by atoms with Crippen molar-refractivity contribution < 1.29 is 28.5 Å². The maximum atomic E-state index is 14.0. The molecule has 1 heterocycles. The third-order valence-electron chi connectivity index (χ3n) is 6.57. The molecule has 3 aromatic carbocycles. The molecule has 9 heteroatoms. The van der Waals surface area contributed by atoms with Crippen LogP contribution in [0.25, 0.3) is 0 Å². The van der Waals surface area contributed by atoms with E-state index in [4.69, 9.17) is 18.9 Å². The number of thioether (sulfide) groups is 1. The molecule has 1 aliphatic rings. The van der Waals surface area contributed by atoms with Gasteiger partial charge in [0, 0.05) is 29.3 Å². The lowest BCUT2D eigenvalue weighted by Crippen LogP contribution is -2.44. The first-order valence-electron chi connectivity index (χ1n) is 11.6. The van der Waals surface area contributed by atoms with Crippen molar-refractivity contribution >= 4 is 29.3 Å². The molecule has 1 aliphatic heterocycles. The van der Waals surface area contributed by atoms with Crippen LogP contribution in [0, 0.1) is 0 Å². The molecule has 4 rings (SSSR count). The lowest BCUT2D eigenvalue weighted by atomic mass is 9.79. The minimum atomic E-state index is -0.731. The number of hydrogen-bond donors (Lipinski definition) is 1. The van der Waals surface area contributed by atoms with Crippen LogP contribution in [0.1, 0.15) is 33.4 Å². The van der Waals surface area contributed by atoms with Gasteiger partial charge in [-0.15, -0.1) is 11.8 Å². The highest BCUT2D eigenvalue weighted by Crippen LogP contribution is 2.46. The molecule has 194 valence electrons.